The van der Waals surface area contributed by atoms with Gasteiger partial charge in [-0.3, -0.25) is 4.98 Å². The maximum atomic E-state index is 5.40. The second-order valence-corrected chi connectivity index (χ2v) is 13.1. The Morgan fingerprint density at radius 1 is 0.574 bits per heavy atom. The van der Waals surface area contributed by atoms with Crippen molar-refractivity contribution in [3.63, 3.8) is 0 Å². The molecule has 2 nitrogen and oxygen atoms in total. The van der Waals surface area contributed by atoms with E-state index in [1.165, 1.54) is 77.2 Å². The zero-order chi connectivity index (χ0) is 31.6. The average molecular weight is 603 g/mol. The SMILES string of the molecule is Cc1ccc2c(-c3ccc4ccc5cccnc5c4n3)c3cc(C)c(C)cc3c(-c3cc4c(cc3-c3ccccc3)C=CCC4)c2c1. The highest BCUT2D eigenvalue weighted by Crippen LogP contribution is 2.48. The summed E-state index contributed by atoms with van der Waals surface area (Å²) in [4.78, 5) is 10.2. The summed E-state index contributed by atoms with van der Waals surface area (Å²) in [5.74, 6) is 0. The molecule has 0 saturated carbocycles. The first-order valence-electron chi connectivity index (χ1n) is 16.5. The van der Waals surface area contributed by atoms with Crippen molar-refractivity contribution in [2.45, 2.75) is 33.6 Å². The molecule has 1 aliphatic carbocycles. The minimum Gasteiger partial charge on any atom is -0.254 e. The van der Waals surface area contributed by atoms with E-state index in [-0.39, 0.29) is 0 Å². The molecule has 6 aromatic carbocycles. The number of aromatic nitrogens is 2. The van der Waals surface area contributed by atoms with E-state index >= 15 is 0 Å². The smallest absolute Gasteiger partial charge is 0.0972 e. The second kappa shape index (κ2) is 10.7. The summed E-state index contributed by atoms with van der Waals surface area (Å²) in [5, 5.41) is 7.19. The van der Waals surface area contributed by atoms with Gasteiger partial charge >= 0.3 is 0 Å². The number of benzene rings is 6. The first-order valence-corrected chi connectivity index (χ1v) is 16.5. The fraction of sp³-hybridized carbons (Fsp3) is 0.111. The summed E-state index contributed by atoms with van der Waals surface area (Å²) in [6, 6.07) is 40.3. The Hall–Kier alpha value is -5.60. The van der Waals surface area contributed by atoms with Crippen LogP contribution in [0.3, 0.4) is 0 Å². The van der Waals surface area contributed by atoms with Crippen molar-refractivity contribution in [1.29, 1.82) is 0 Å². The first kappa shape index (κ1) is 27.7. The molecule has 9 rings (SSSR count). The predicted octanol–water partition coefficient (Wildman–Crippen LogP) is 12.0. The Balaban J connectivity index is 1.45. The van der Waals surface area contributed by atoms with Gasteiger partial charge in [-0.05, 0) is 124 Å². The van der Waals surface area contributed by atoms with Gasteiger partial charge in [0.25, 0.3) is 0 Å². The molecule has 2 heterocycles. The summed E-state index contributed by atoms with van der Waals surface area (Å²) < 4.78 is 0. The van der Waals surface area contributed by atoms with Crippen molar-refractivity contribution in [2.75, 3.05) is 0 Å². The molecular weight excluding hydrogens is 569 g/mol. The third-order valence-corrected chi connectivity index (χ3v) is 10.1. The van der Waals surface area contributed by atoms with E-state index < -0.39 is 0 Å². The lowest BCUT2D eigenvalue weighted by Gasteiger charge is -2.23. The topological polar surface area (TPSA) is 25.8 Å². The van der Waals surface area contributed by atoms with Crippen LogP contribution < -0.4 is 0 Å². The first-order chi connectivity index (χ1) is 23.0. The molecule has 0 atom stereocenters. The molecule has 8 aromatic rings. The molecule has 224 valence electrons. The molecular formula is C45H34N2. The number of fused-ring (bicyclic) bond motifs is 6. The minimum absolute atomic E-state index is 0.940. The summed E-state index contributed by atoms with van der Waals surface area (Å²) in [7, 11) is 0. The highest BCUT2D eigenvalue weighted by Gasteiger charge is 2.22. The van der Waals surface area contributed by atoms with Gasteiger partial charge in [0.1, 0.15) is 0 Å². The zero-order valence-corrected chi connectivity index (χ0v) is 26.9. The van der Waals surface area contributed by atoms with Crippen molar-refractivity contribution >= 4 is 49.4 Å². The Kier molecular flexibility index (Phi) is 6.33. The molecule has 0 N–H and O–H groups in total. The number of hydrogen-bond donors (Lipinski definition) is 0. The van der Waals surface area contributed by atoms with Crippen LogP contribution in [-0.4, -0.2) is 9.97 Å². The maximum absolute atomic E-state index is 5.40. The Morgan fingerprint density at radius 3 is 2.15 bits per heavy atom. The molecule has 0 radical (unpaired) electrons. The lowest BCUT2D eigenvalue weighted by atomic mass is 9.81. The number of nitrogens with zero attached hydrogens (tertiary/aromatic N) is 2. The Bertz CT molecular complexity index is 2590. The summed E-state index contributed by atoms with van der Waals surface area (Å²) in [6.07, 6.45) is 8.61. The number of hydrogen-bond acceptors (Lipinski definition) is 2. The molecule has 0 saturated heterocycles. The van der Waals surface area contributed by atoms with E-state index in [0.29, 0.717) is 0 Å². The Morgan fingerprint density at radius 2 is 1.32 bits per heavy atom. The van der Waals surface area contributed by atoms with Crippen LogP contribution in [-0.2, 0) is 6.42 Å². The molecule has 0 bridgehead atoms. The largest absolute Gasteiger partial charge is 0.254 e. The van der Waals surface area contributed by atoms with Crippen LogP contribution in [0.2, 0.25) is 0 Å². The molecule has 0 amide bonds. The summed E-state index contributed by atoms with van der Waals surface area (Å²) >= 11 is 0. The van der Waals surface area contributed by atoms with E-state index in [1.807, 2.05) is 12.3 Å². The van der Waals surface area contributed by atoms with Crippen LogP contribution in [0.5, 0.6) is 0 Å². The van der Waals surface area contributed by atoms with Gasteiger partial charge in [-0.15, -0.1) is 0 Å². The van der Waals surface area contributed by atoms with Crippen LogP contribution in [0.4, 0.5) is 0 Å². The van der Waals surface area contributed by atoms with E-state index in [2.05, 4.69) is 136 Å². The molecule has 2 heteroatoms. The van der Waals surface area contributed by atoms with Gasteiger partial charge in [0.05, 0.1) is 16.7 Å². The van der Waals surface area contributed by atoms with Gasteiger partial charge in [0, 0.05) is 22.5 Å². The van der Waals surface area contributed by atoms with Crippen molar-refractivity contribution in [3.05, 3.63) is 149 Å². The highest BCUT2D eigenvalue weighted by molar-refractivity contribution is 6.23. The summed E-state index contributed by atoms with van der Waals surface area (Å²) in [5.41, 5.74) is 15.7. The van der Waals surface area contributed by atoms with Crippen molar-refractivity contribution in [2.24, 2.45) is 0 Å². The maximum Gasteiger partial charge on any atom is 0.0972 e. The number of rotatable bonds is 3. The van der Waals surface area contributed by atoms with Crippen LogP contribution in [0.15, 0.2) is 121 Å². The fourth-order valence-electron chi connectivity index (χ4n) is 7.58. The lowest BCUT2D eigenvalue weighted by Crippen LogP contribution is -2.00. The molecule has 1 aliphatic rings. The van der Waals surface area contributed by atoms with E-state index in [9.17, 15) is 0 Å². The number of aryl methyl sites for hydroxylation is 4. The summed E-state index contributed by atoms with van der Waals surface area (Å²) in [6.45, 7) is 6.67. The number of pyridine rings is 2. The quantitative estimate of drug-likeness (QED) is 0.148. The standard InChI is InChI=1S/C45H34N2/c1-27-15-19-35-37(22-27)42(40-26-34-13-8-7-12-33(34)25-36(40)30-10-5-4-6-11-30)38-23-28(2)29(3)24-39(38)43(35)41-20-18-32-17-16-31-14-9-21-46-44(31)45(32)47-41/h4-7,9-12,14-26H,8,13H2,1-3H3. The van der Waals surface area contributed by atoms with Crippen LogP contribution >= 0.6 is 0 Å². The zero-order valence-electron chi connectivity index (χ0n) is 26.9. The second-order valence-electron chi connectivity index (χ2n) is 13.1. The van der Waals surface area contributed by atoms with E-state index in [0.717, 1.165) is 40.3 Å². The molecule has 0 unspecified atom stereocenters. The number of allylic oxidation sites excluding steroid dienone is 1. The van der Waals surface area contributed by atoms with Gasteiger partial charge in [-0.2, -0.15) is 0 Å². The van der Waals surface area contributed by atoms with E-state index in [4.69, 9.17) is 9.97 Å². The molecule has 0 fully saturated rings. The van der Waals surface area contributed by atoms with Gasteiger partial charge in [0.2, 0.25) is 0 Å². The fourth-order valence-corrected chi connectivity index (χ4v) is 7.58. The Labute approximate surface area is 275 Å². The van der Waals surface area contributed by atoms with Gasteiger partial charge in [0.15, 0.2) is 0 Å². The van der Waals surface area contributed by atoms with Crippen LogP contribution in [0.1, 0.15) is 34.2 Å². The molecule has 0 spiro atoms. The minimum atomic E-state index is 0.940. The van der Waals surface area contributed by atoms with Gasteiger partial charge < -0.3 is 0 Å². The van der Waals surface area contributed by atoms with Crippen molar-refractivity contribution < 1.29 is 0 Å². The molecule has 47 heavy (non-hydrogen) atoms. The van der Waals surface area contributed by atoms with Crippen molar-refractivity contribution in [1.82, 2.24) is 9.97 Å². The predicted molar refractivity (Wildman–Crippen MR) is 200 cm³/mol. The van der Waals surface area contributed by atoms with Crippen LogP contribution in [0, 0.1) is 20.8 Å². The average Bonchev–Trinajstić information content (AvgIpc) is 3.11. The van der Waals surface area contributed by atoms with Crippen molar-refractivity contribution in [3.8, 4) is 33.5 Å². The molecule has 2 aromatic heterocycles. The third-order valence-electron chi connectivity index (χ3n) is 10.1. The van der Waals surface area contributed by atoms with E-state index in [1.54, 1.807) is 0 Å². The normalized spacial score (nSPS) is 12.7. The van der Waals surface area contributed by atoms with Gasteiger partial charge in [-0.1, -0.05) is 103 Å². The lowest BCUT2D eigenvalue weighted by molar-refractivity contribution is 0.987. The van der Waals surface area contributed by atoms with Crippen LogP contribution in [0.25, 0.3) is 82.9 Å². The highest BCUT2D eigenvalue weighted by atomic mass is 14.8. The monoisotopic (exact) mass is 602 g/mol. The third kappa shape index (κ3) is 4.47. The molecule has 0 aliphatic heterocycles. The van der Waals surface area contributed by atoms with Gasteiger partial charge in [-0.25, -0.2) is 4.98 Å².